The van der Waals surface area contributed by atoms with Crippen molar-refractivity contribution < 1.29 is 8.42 Å². The largest absolute Gasteiger partial charge is 0.250 e. The Morgan fingerprint density at radius 1 is 1.44 bits per heavy atom. The minimum absolute atomic E-state index is 0.0205. The van der Waals surface area contributed by atoms with Gasteiger partial charge in [-0.1, -0.05) is 11.6 Å². The Balaban J connectivity index is 2.16. The number of nitrogens with zero attached hydrogens (tertiary/aromatic N) is 2. The Kier molecular flexibility index (Phi) is 3.96. The van der Waals surface area contributed by atoms with Crippen LogP contribution in [-0.4, -0.2) is 18.4 Å². The average molecular weight is 304 g/mol. The maximum absolute atomic E-state index is 12.0. The predicted molar refractivity (Wildman–Crippen MR) is 70.1 cm³/mol. The van der Waals surface area contributed by atoms with E-state index in [2.05, 4.69) is 14.7 Å². The number of sulfonamides is 1. The van der Waals surface area contributed by atoms with Gasteiger partial charge in [-0.05, 0) is 19.1 Å². The van der Waals surface area contributed by atoms with Crippen molar-refractivity contribution in [1.29, 1.82) is 0 Å². The third kappa shape index (κ3) is 3.05. The van der Waals surface area contributed by atoms with E-state index >= 15 is 0 Å². The summed E-state index contributed by atoms with van der Waals surface area (Å²) in [6, 6.07) is 2.94. The van der Waals surface area contributed by atoms with Crippen molar-refractivity contribution in [3.63, 3.8) is 0 Å². The van der Waals surface area contributed by atoms with E-state index in [0.29, 0.717) is 0 Å². The van der Waals surface area contributed by atoms with E-state index in [4.69, 9.17) is 11.6 Å². The van der Waals surface area contributed by atoms with E-state index in [9.17, 15) is 8.42 Å². The minimum Gasteiger partial charge on any atom is -0.250 e. The summed E-state index contributed by atoms with van der Waals surface area (Å²) in [7, 11) is -3.65. The lowest BCUT2D eigenvalue weighted by Gasteiger charge is -2.06. The van der Waals surface area contributed by atoms with Crippen molar-refractivity contribution in [2.45, 2.75) is 18.4 Å². The maximum atomic E-state index is 12.0. The fourth-order valence-electron chi connectivity index (χ4n) is 1.30. The quantitative estimate of drug-likeness (QED) is 0.877. The van der Waals surface area contributed by atoms with Gasteiger partial charge in [0.1, 0.15) is 10.0 Å². The Morgan fingerprint density at radius 3 is 2.83 bits per heavy atom. The highest BCUT2D eigenvalue weighted by Gasteiger charge is 2.18. The molecule has 0 amide bonds. The van der Waals surface area contributed by atoms with Crippen LogP contribution < -0.4 is 4.72 Å². The lowest BCUT2D eigenvalue weighted by Crippen LogP contribution is -2.23. The number of nitrogens with one attached hydrogen (secondary N) is 1. The molecule has 18 heavy (non-hydrogen) atoms. The predicted octanol–water partition coefficient (Wildman–Crippen LogP) is 1.98. The molecule has 2 aromatic heterocycles. The molecule has 0 aliphatic heterocycles. The van der Waals surface area contributed by atoms with Gasteiger partial charge in [-0.25, -0.2) is 23.1 Å². The van der Waals surface area contributed by atoms with E-state index in [1.54, 1.807) is 6.20 Å². The first kappa shape index (κ1) is 13.4. The maximum Gasteiger partial charge on any atom is 0.243 e. The molecular weight excluding hydrogens is 294 g/mol. The summed E-state index contributed by atoms with van der Waals surface area (Å²) in [6.45, 7) is 2.06. The van der Waals surface area contributed by atoms with E-state index < -0.39 is 10.0 Å². The lowest BCUT2D eigenvalue weighted by molar-refractivity contribution is 0.581. The number of hydrogen-bond acceptors (Lipinski definition) is 5. The molecule has 2 rings (SSSR count). The standard InChI is InChI=1S/C10H10ClN3O2S2/c1-7-13-5-8(17-7)6-14-18(15,16)9-3-2-4-12-10(9)11/h2-5,14H,6H2,1H3. The Morgan fingerprint density at radius 2 is 2.22 bits per heavy atom. The molecule has 0 saturated carbocycles. The van der Waals surface area contributed by atoms with Gasteiger partial charge >= 0.3 is 0 Å². The Hall–Kier alpha value is -1.02. The van der Waals surface area contributed by atoms with Gasteiger partial charge in [-0.3, -0.25) is 0 Å². The molecule has 0 fully saturated rings. The van der Waals surface area contributed by atoms with Crippen LogP contribution in [0.25, 0.3) is 0 Å². The summed E-state index contributed by atoms with van der Waals surface area (Å²) in [5.41, 5.74) is 0. The molecule has 2 heterocycles. The number of thiazole rings is 1. The Bertz CT molecular complexity index is 655. The molecule has 0 aliphatic rings. The summed E-state index contributed by atoms with van der Waals surface area (Å²) in [5, 5.41) is 0.856. The number of aromatic nitrogens is 2. The van der Waals surface area contributed by atoms with Crippen LogP contribution in [0.2, 0.25) is 5.15 Å². The smallest absolute Gasteiger partial charge is 0.243 e. The van der Waals surface area contributed by atoms with Crippen LogP contribution in [0.4, 0.5) is 0 Å². The van der Waals surface area contributed by atoms with Crippen molar-refractivity contribution in [1.82, 2.24) is 14.7 Å². The van der Waals surface area contributed by atoms with Gasteiger partial charge in [0, 0.05) is 23.8 Å². The second kappa shape index (κ2) is 5.31. The first-order chi connectivity index (χ1) is 8.49. The molecule has 0 bridgehead atoms. The van der Waals surface area contributed by atoms with E-state index in [0.717, 1.165) is 9.88 Å². The summed E-state index contributed by atoms with van der Waals surface area (Å²) >= 11 is 7.20. The zero-order valence-electron chi connectivity index (χ0n) is 9.42. The first-order valence-corrected chi connectivity index (χ1v) is 7.68. The zero-order valence-corrected chi connectivity index (χ0v) is 11.8. The lowest BCUT2D eigenvalue weighted by atomic mass is 10.5. The number of pyridine rings is 1. The third-order valence-electron chi connectivity index (χ3n) is 2.12. The molecule has 96 valence electrons. The van der Waals surface area contributed by atoms with Crippen LogP contribution >= 0.6 is 22.9 Å². The van der Waals surface area contributed by atoms with Gasteiger partial charge in [0.05, 0.1) is 5.01 Å². The van der Waals surface area contributed by atoms with Crippen molar-refractivity contribution in [2.24, 2.45) is 0 Å². The normalized spacial score (nSPS) is 11.7. The molecule has 0 spiro atoms. The highest BCUT2D eigenvalue weighted by Crippen LogP contribution is 2.18. The number of hydrogen-bond donors (Lipinski definition) is 1. The fraction of sp³-hybridized carbons (Fsp3) is 0.200. The van der Waals surface area contributed by atoms with Gasteiger partial charge in [0.2, 0.25) is 10.0 Å². The van der Waals surface area contributed by atoms with E-state index in [1.807, 2.05) is 6.92 Å². The molecule has 8 heteroatoms. The molecule has 5 nitrogen and oxygen atoms in total. The van der Waals surface area contributed by atoms with E-state index in [-0.39, 0.29) is 16.6 Å². The minimum atomic E-state index is -3.65. The second-order valence-corrected chi connectivity index (χ2v) is 6.88. The SMILES string of the molecule is Cc1ncc(CNS(=O)(=O)c2cccnc2Cl)s1. The summed E-state index contributed by atoms with van der Waals surface area (Å²) in [6.07, 6.45) is 3.08. The topological polar surface area (TPSA) is 72.0 Å². The van der Waals surface area contributed by atoms with Crippen LogP contribution in [0.3, 0.4) is 0 Å². The highest BCUT2D eigenvalue weighted by molar-refractivity contribution is 7.89. The van der Waals surface area contributed by atoms with Gasteiger partial charge < -0.3 is 0 Å². The summed E-state index contributed by atoms with van der Waals surface area (Å²) < 4.78 is 26.4. The molecule has 0 atom stereocenters. The van der Waals surface area contributed by atoms with Crippen LogP contribution in [0.1, 0.15) is 9.88 Å². The monoisotopic (exact) mass is 303 g/mol. The van der Waals surface area contributed by atoms with Crippen LogP contribution in [0.15, 0.2) is 29.4 Å². The second-order valence-electron chi connectivity index (χ2n) is 3.46. The molecule has 2 aromatic rings. The molecule has 1 N–H and O–H groups in total. The highest BCUT2D eigenvalue weighted by atomic mass is 35.5. The van der Waals surface area contributed by atoms with Crippen molar-refractivity contribution in [3.8, 4) is 0 Å². The van der Waals surface area contributed by atoms with Gasteiger partial charge in [0.25, 0.3) is 0 Å². The molecule has 0 aliphatic carbocycles. The number of halogens is 1. The molecule has 0 unspecified atom stereocenters. The van der Waals surface area contributed by atoms with Crippen LogP contribution in [0, 0.1) is 6.92 Å². The van der Waals surface area contributed by atoms with Crippen molar-refractivity contribution in [2.75, 3.05) is 0 Å². The van der Waals surface area contributed by atoms with Crippen LogP contribution in [-0.2, 0) is 16.6 Å². The Labute approximate surface area is 114 Å². The van der Waals surface area contributed by atoms with Crippen molar-refractivity contribution >= 4 is 33.0 Å². The van der Waals surface area contributed by atoms with Gasteiger partial charge in [0.15, 0.2) is 0 Å². The van der Waals surface area contributed by atoms with Gasteiger partial charge in [-0.15, -0.1) is 11.3 Å². The van der Waals surface area contributed by atoms with E-state index in [1.165, 1.54) is 29.7 Å². The fourth-order valence-corrected chi connectivity index (χ4v) is 3.59. The average Bonchev–Trinajstić information content (AvgIpc) is 2.73. The summed E-state index contributed by atoms with van der Waals surface area (Å²) in [5.74, 6) is 0. The third-order valence-corrected chi connectivity index (χ3v) is 4.88. The zero-order chi connectivity index (χ0) is 13.2. The van der Waals surface area contributed by atoms with Crippen molar-refractivity contribution in [3.05, 3.63) is 39.6 Å². The van der Waals surface area contributed by atoms with Crippen LogP contribution in [0.5, 0.6) is 0 Å². The molecule has 0 radical (unpaired) electrons. The first-order valence-electron chi connectivity index (χ1n) is 5.00. The number of aryl methyl sites for hydroxylation is 1. The molecule has 0 saturated heterocycles. The molecule has 0 aromatic carbocycles. The number of rotatable bonds is 4. The molecular formula is C10H10ClN3O2S2. The van der Waals surface area contributed by atoms with Gasteiger partial charge in [-0.2, -0.15) is 0 Å². The summed E-state index contributed by atoms with van der Waals surface area (Å²) in [4.78, 5) is 8.62.